The van der Waals surface area contributed by atoms with Gasteiger partial charge in [0.25, 0.3) is 5.91 Å². The Morgan fingerprint density at radius 2 is 1.81 bits per heavy atom. The van der Waals surface area contributed by atoms with Crippen molar-refractivity contribution in [2.45, 2.75) is 5.03 Å². The van der Waals surface area contributed by atoms with E-state index >= 15 is 0 Å². The molecule has 1 aromatic carbocycles. The highest BCUT2D eigenvalue weighted by Crippen LogP contribution is 2.23. The van der Waals surface area contributed by atoms with Crippen LogP contribution in [-0.4, -0.2) is 37.9 Å². The predicted molar refractivity (Wildman–Crippen MR) is 117 cm³/mol. The maximum atomic E-state index is 13.4. The van der Waals surface area contributed by atoms with Crippen molar-refractivity contribution in [2.24, 2.45) is 0 Å². The third-order valence-corrected chi connectivity index (χ3v) is 6.66. The highest BCUT2D eigenvalue weighted by Gasteiger charge is 2.25. The van der Waals surface area contributed by atoms with Gasteiger partial charge in [-0.2, -0.15) is 17.6 Å². The van der Waals surface area contributed by atoms with Crippen LogP contribution in [0.5, 0.6) is 0 Å². The average molecular weight is 497 g/mol. The van der Waals surface area contributed by atoms with Crippen LogP contribution in [0.25, 0.3) is 16.7 Å². The molecule has 0 saturated carbocycles. The summed E-state index contributed by atoms with van der Waals surface area (Å²) >= 11 is 3.34. The molecule has 5 aromatic rings. The molecule has 0 spiro atoms. The molecule has 154 valence electrons. The second kappa shape index (κ2) is 7.29. The van der Waals surface area contributed by atoms with Gasteiger partial charge in [-0.1, -0.05) is 18.2 Å². The summed E-state index contributed by atoms with van der Waals surface area (Å²) in [6.07, 6.45) is 5.70. The van der Waals surface area contributed by atoms with E-state index in [4.69, 9.17) is 0 Å². The molecule has 1 amide bonds. The van der Waals surface area contributed by atoms with E-state index < -0.39 is 10.0 Å². The molecule has 0 saturated heterocycles. The minimum atomic E-state index is -4.09. The highest BCUT2D eigenvalue weighted by molar-refractivity contribution is 9.10. The Hall–Kier alpha value is -3.57. The van der Waals surface area contributed by atoms with E-state index in [0.717, 1.165) is 4.09 Å². The van der Waals surface area contributed by atoms with E-state index in [9.17, 15) is 13.2 Å². The lowest BCUT2D eigenvalue weighted by molar-refractivity contribution is 0.102. The zero-order valence-electron chi connectivity index (χ0n) is 15.7. The van der Waals surface area contributed by atoms with Crippen LogP contribution in [0.4, 0.5) is 5.69 Å². The van der Waals surface area contributed by atoms with Crippen molar-refractivity contribution >= 4 is 54.2 Å². The molecule has 0 radical (unpaired) electrons. The first kappa shape index (κ1) is 19.4. The lowest BCUT2D eigenvalue weighted by atomic mass is 10.2. The van der Waals surface area contributed by atoms with Gasteiger partial charge in [-0.15, -0.1) is 0 Å². The number of aromatic nitrogens is 5. The number of anilines is 1. The van der Waals surface area contributed by atoms with Crippen LogP contribution in [0.3, 0.4) is 0 Å². The maximum absolute atomic E-state index is 13.4. The summed E-state index contributed by atoms with van der Waals surface area (Å²) in [7, 11) is -4.09. The Morgan fingerprint density at radius 1 is 1.00 bits per heavy atom. The number of rotatable bonds is 4. The quantitative estimate of drug-likeness (QED) is 0.408. The van der Waals surface area contributed by atoms with Gasteiger partial charge in [-0.3, -0.25) is 14.2 Å². The van der Waals surface area contributed by atoms with Gasteiger partial charge in [0.1, 0.15) is 16.7 Å². The summed E-state index contributed by atoms with van der Waals surface area (Å²) in [6.45, 7) is 0. The first-order chi connectivity index (χ1) is 14.9. The molecular weight excluding hydrogens is 484 g/mol. The van der Waals surface area contributed by atoms with Gasteiger partial charge in [0.15, 0.2) is 5.03 Å². The molecule has 0 aliphatic rings. The normalized spacial score (nSPS) is 11.8. The molecule has 4 heterocycles. The molecule has 0 bridgehead atoms. The summed E-state index contributed by atoms with van der Waals surface area (Å²) in [5, 5.41) is 6.71. The number of amides is 1. The maximum Gasteiger partial charge on any atom is 0.301 e. The van der Waals surface area contributed by atoms with E-state index in [-0.39, 0.29) is 16.4 Å². The summed E-state index contributed by atoms with van der Waals surface area (Å²) in [6, 6.07) is 13.7. The van der Waals surface area contributed by atoms with Crippen LogP contribution in [-0.2, 0) is 10.0 Å². The number of hydrogen-bond acceptors (Lipinski definition) is 6. The third-order valence-electron chi connectivity index (χ3n) is 4.61. The zero-order chi connectivity index (χ0) is 21.6. The molecule has 0 unspecified atom stereocenters. The van der Waals surface area contributed by atoms with Crippen molar-refractivity contribution < 1.29 is 13.2 Å². The van der Waals surface area contributed by atoms with Crippen LogP contribution in [0.2, 0.25) is 0 Å². The van der Waals surface area contributed by atoms with Crippen LogP contribution in [0.1, 0.15) is 10.4 Å². The number of carbonyl (C=O) groups is 1. The molecule has 4 aromatic heterocycles. The third kappa shape index (κ3) is 3.37. The number of fused-ring (bicyclic) bond motifs is 2. The fourth-order valence-electron chi connectivity index (χ4n) is 3.15. The van der Waals surface area contributed by atoms with Gasteiger partial charge in [0.2, 0.25) is 0 Å². The molecule has 31 heavy (non-hydrogen) atoms. The van der Waals surface area contributed by atoms with Gasteiger partial charge in [0, 0.05) is 16.2 Å². The number of pyridine rings is 2. The van der Waals surface area contributed by atoms with Crippen LogP contribution >= 0.6 is 15.9 Å². The second-order valence-corrected chi connectivity index (χ2v) is 9.24. The number of nitrogens with one attached hydrogen (secondary N) is 1. The standard InChI is InChI=1S/C20H13BrN6O3S/c21-14-6-7-18-23-11-19(26(18)12-14)31(29,30)27-17-8-15(9-22-16(17)10-24-27)25-20(28)13-4-2-1-3-5-13/h1-12H,(H,25,28). The number of nitrogens with zero attached hydrogens (tertiary/aromatic N) is 5. The van der Waals surface area contributed by atoms with Gasteiger partial charge in [-0.25, -0.2) is 4.98 Å². The lowest BCUT2D eigenvalue weighted by Gasteiger charge is -2.08. The van der Waals surface area contributed by atoms with Crippen molar-refractivity contribution in [1.29, 1.82) is 0 Å². The number of halogens is 1. The van der Waals surface area contributed by atoms with E-state index in [2.05, 4.69) is 36.3 Å². The molecule has 0 aliphatic heterocycles. The fraction of sp³-hybridized carbons (Fsp3) is 0. The van der Waals surface area contributed by atoms with E-state index in [0.29, 0.717) is 26.9 Å². The smallest absolute Gasteiger partial charge is 0.301 e. The predicted octanol–water partition coefficient (Wildman–Crippen LogP) is 3.33. The zero-order valence-corrected chi connectivity index (χ0v) is 18.1. The Kier molecular flexibility index (Phi) is 4.56. The number of hydrogen-bond donors (Lipinski definition) is 1. The van der Waals surface area contributed by atoms with Gasteiger partial charge in [-0.05, 0) is 46.3 Å². The molecule has 0 atom stereocenters. The lowest BCUT2D eigenvalue weighted by Crippen LogP contribution is -2.17. The van der Waals surface area contributed by atoms with E-state index in [1.807, 2.05) is 6.07 Å². The molecule has 9 nitrogen and oxygen atoms in total. The van der Waals surface area contributed by atoms with Crippen molar-refractivity contribution in [1.82, 2.24) is 23.6 Å². The van der Waals surface area contributed by atoms with Gasteiger partial charge in [0.05, 0.1) is 24.3 Å². The SMILES string of the molecule is O=C(Nc1cnc2cnn(S(=O)(=O)c3cnc4ccc(Br)cn34)c2c1)c1ccccc1. The first-order valence-corrected chi connectivity index (χ1v) is 11.3. The highest BCUT2D eigenvalue weighted by atomic mass is 79.9. The molecule has 11 heteroatoms. The van der Waals surface area contributed by atoms with Crippen molar-refractivity contribution in [3.63, 3.8) is 0 Å². The Morgan fingerprint density at radius 3 is 2.61 bits per heavy atom. The molecule has 1 N–H and O–H groups in total. The Labute approximate surface area is 184 Å². The fourth-order valence-corrected chi connectivity index (χ4v) is 4.82. The summed E-state index contributed by atoms with van der Waals surface area (Å²) in [5.41, 5.74) is 1.90. The van der Waals surface area contributed by atoms with E-state index in [1.165, 1.54) is 29.1 Å². The van der Waals surface area contributed by atoms with Crippen LogP contribution < -0.4 is 5.32 Å². The Balaban J connectivity index is 1.58. The summed E-state index contributed by atoms with van der Waals surface area (Å²) in [4.78, 5) is 20.8. The number of imidazole rings is 1. The largest absolute Gasteiger partial charge is 0.321 e. The molecule has 5 rings (SSSR count). The average Bonchev–Trinajstić information content (AvgIpc) is 3.38. The molecular formula is C20H13BrN6O3S. The number of benzene rings is 1. The second-order valence-electron chi connectivity index (χ2n) is 6.61. The van der Waals surface area contributed by atoms with Crippen LogP contribution in [0.15, 0.2) is 82.8 Å². The van der Waals surface area contributed by atoms with Gasteiger partial charge >= 0.3 is 10.0 Å². The van der Waals surface area contributed by atoms with Crippen molar-refractivity contribution in [2.75, 3.05) is 5.32 Å². The topological polar surface area (TPSA) is 111 Å². The summed E-state index contributed by atoms with van der Waals surface area (Å²) < 4.78 is 29.8. The number of carbonyl (C=O) groups excluding carboxylic acids is 1. The van der Waals surface area contributed by atoms with Gasteiger partial charge < -0.3 is 5.32 Å². The monoisotopic (exact) mass is 496 g/mol. The molecule has 0 fully saturated rings. The summed E-state index contributed by atoms with van der Waals surface area (Å²) in [5.74, 6) is -0.331. The van der Waals surface area contributed by atoms with Crippen molar-refractivity contribution in [3.05, 3.63) is 83.4 Å². The van der Waals surface area contributed by atoms with E-state index in [1.54, 1.807) is 42.6 Å². The van der Waals surface area contributed by atoms with Crippen molar-refractivity contribution in [3.8, 4) is 0 Å². The minimum absolute atomic E-state index is 0.0486. The van der Waals surface area contributed by atoms with Crippen LogP contribution in [0, 0.1) is 0 Å². The first-order valence-electron chi connectivity index (χ1n) is 9.02. The minimum Gasteiger partial charge on any atom is -0.321 e. The Bertz CT molecular complexity index is 1560. The molecule has 0 aliphatic carbocycles.